The fourth-order valence-electron chi connectivity index (χ4n) is 4.04. The Labute approximate surface area is 213 Å². The largest absolute Gasteiger partial charge is 0.495 e. The van der Waals surface area contributed by atoms with E-state index in [0.717, 1.165) is 15.4 Å². The number of nitrogens with zero attached hydrogens (tertiary/aromatic N) is 1. The molecule has 0 aromatic heterocycles. The molecule has 0 radical (unpaired) electrons. The second-order valence-corrected chi connectivity index (χ2v) is 10.4. The van der Waals surface area contributed by atoms with E-state index in [1.807, 2.05) is 0 Å². The van der Waals surface area contributed by atoms with Crippen LogP contribution in [0.2, 0.25) is 5.02 Å². The number of sulfonamides is 1. The fourth-order valence-corrected chi connectivity index (χ4v) is 5.88. The Hall–Kier alpha value is -3.60. The normalized spacial score (nSPS) is 15.9. The first-order chi connectivity index (χ1) is 17.2. The third-order valence-corrected chi connectivity index (χ3v) is 8.11. The third kappa shape index (κ3) is 5.30. The molecule has 1 aliphatic heterocycles. The fraction of sp³-hybridized carbons (Fsp3) is 0.200. The van der Waals surface area contributed by atoms with E-state index in [1.165, 1.54) is 19.2 Å². The van der Waals surface area contributed by atoms with Crippen LogP contribution in [0.1, 0.15) is 12.8 Å². The number of carboxylic acids is 1. The molecule has 4 rings (SSSR count). The van der Waals surface area contributed by atoms with Crippen LogP contribution in [0.3, 0.4) is 0 Å². The minimum Gasteiger partial charge on any atom is -0.495 e. The highest BCUT2D eigenvalue weighted by Gasteiger charge is 2.39. The van der Waals surface area contributed by atoms with E-state index in [4.69, 9.17) is 16.3 Å². The van der Waals surface area contributed by atoms with E-state index in [0.29, 0.717) is 35.0 Å². The maximum Gasteiger partial charge on any atom is 0.323 e. The van der Waals surface area contributed by atoms with Crippen LogP contribution in [0.4, 0.5) is 16.2 Å². The molecule has 3 N–H and O–H groups in total. The molecule has 2 amide bonds. The molecule has 0 saturated carbocycles. The number of urea groups is 1. The monoisotopic (exact) mass is 529 g/mol. The molecule has 1 fully saturated rings. The van der Waals surface area contributed by atoms with Crippen LogP contribution in [0, 0.1) is 0 Å². The van der Waals surface area contributed by atoms with Gasteiger partial charge in [-0.3, -0.25) is 4.79 Å². The average molecular weight is 530 g/mol. The van der Waals surface area contributed by atoms with Gasteiger partial charge in [-0.2, -0.15) is 4.31 Å². The molecule has 1 atom stereocenters. The molecule has 0 unspecified atom stereocenters. The Bertz CT molecular complexity index is 1400. The first-order valence-electron chi connectivity index (χ1n) is 11.1. The minimum absolute atomic E-state index is 0.0286. The molecule has 1 heterocycles. The Morgan fingerprint density at radius 1 is 1.00 bits per heavy atom. The molecule has 0 bridgehead atoms. The summed E-state index contributed by atoms with van der Waals surface area (Å²) in [7, 11) is -2.46. The minimum atomic E-state index is -3.93. The summed E-state index contributed by atoms with van der Waals surface area (Å²) in [4.78, 5) is 23.9. The predicted octanol–water partition coefficient (Wildman–Crippen LogP) is 4.90. The van der Waals surface area contributed by atoms with Crippen LogP contribution in [0.25, 0.3) is 11.1 Å². The van der Waals surface area contributed by atoms with Gasteiger partial charge in [-0.15, -0.1) is 0 Å². The number of hydrogen-bond donors (Lipinski definition) is 3. The third-order valence-electron chi connectivity index (χ3n) is 5.85. The second-order valence-electron chi connectivity index (χ2n) is 8.11. The average Bonchev–Trinajstić information content (AvgIpc) is 3.37. The van der Waals surface area contributed by atoms with Gasteiger partial charge in [-0.1, -0.05) is 41.9 Å². The number of halogens is 1. The lowest BCUT2D eigenvalue weighted by Gasteiger charge is -2.21. The van der Waals surface area contributed by atoms with Crippen molar-refractivity contribution < 1.29 is 27.9 Å². The molecule has 0 spiro atoms. The van der Waals surface area contributed by atoms with Gasteiger partial charge in [0.25, 0.3) is 0 Å². The van der Waals surface area contributed by atoms with Gasteiger partial charge in [0, 0.05) is 6.54 Å². The SMILES string of the molecule is COc1cc(-c2ccc(S(=O)(=O)N3CCC[C@H]3C(=O)O)cc2)ccc1NC(=O)Nc1ccccc1Cl. The topological polar surface area (TPSA) is 125 Å². The van der Waals surface area contributed by atoms with Gasteiger partial charge in [0.2, 0.25) is 10.0 Å². The number of carboxylic acid groups (broad SMARTS) is 1. The van der Waals surface area contributed by atoms with Crippen LogP contribution in [-0.4, -0.2) is 49.5 Å². The van der Waals surface area contributed by atoms with Crippen molar-refractivity contribution in [2.75, 3.05) is 24.3 Å². The van der Waals surface area contributed by atoms with Crippen LogP contribution in [-0.2, 0) is 14.8 Å². The zero-order chi connectivity index (χ0) is 25.9. The van der Waals surface area contributed by atoms with Crippen molar-refractivity contribution in [2.24, 2.45) is 0 Å². The van der Waals surface area contributed by atoms with Gasteiger partial charge in [-0.25, -0.2) is 13.2 Å². The Balaban J connectivity index is 1.51. The van der Waals surface area contributed by atoms with Crippen molar-refractivity contribution in [1.82, 2.24) is 4.31 Å². The van der Waals surface area contributed by atoms with Gasteiger partial charge in [-0.05, 0) is 60.4 Å². The van der Waals surface area contributed by atoms with Crippen molar-refractivity contribution in [2.45, 2.75) is 23.8 Å². The van der Waals surface area contributed by atoms with Gasteiger partial charge < -0.3 is 20.5 Å². The van der Waals surface area contributed by atoms with Crippen LogP contribution in [0.15, 0.2) is 71.6 Å². The van der Waals surface area contributed by atoms with E-state index >= 15 is 0 Å². The quantitative estimate of drug-likeness (QED) is 0.400. The molecule has 0 aliphatic carbocycles. The second kappa shape index (κ2) is 10.6. The van der Waals surface area contributed by atoms with Gasteiger partial charge in [0.1, 0.15) is 11.8 Å². The van der Waals surface area contributed by atoms with Crippen LogP contribution < -0.4 is 15.4 Å². The molecule has 1 aliphatic rings. The van der Waals surface area contributed by atoms with Crippen molar-refractivity contribution in [1.29, 1.82) is 0 Å². The molecule has 188 valence electrons. The summed E-state index contributed by atoms with van der Waals surface area (Å²) < 4.78 is 32.4. The number of para-hydroxylation sites is 1. The van der Waals surface area contributed by atoms with E-state index in [9.17, 15) is 23.1 Å². The highest BCUT2D eigenvalue weighted by Crippen LogP contribution is 2.33. The number of hydrogen-bond acceptors (Lipinski definition) is 5. The standard InChI is InChI=1S/C25H24ClN3O6S/c1-35-23-15-17(10-13-21(23)28-25(32)27-20-6-3-2-5-19(20)26)16-8-11-18(12-9-16)36(33,34)29-14-4-7-22(29)24(30)31/h2-3,5-6,8-13,15,22H,4,7,14H2,1H3,(H,30,31)(H2,27,28,32)/t22-/m0/s1. The number of anilines is 2. The molecular formula is C25H24ClN3O6S. The molecule has 3 aromatic rings. The maximum atomic E-state index is 13.0. The predicted molar refractivity (Wildman–Crippen MR) is 137 cm³/mol. The number of carbonyl (C=O) groups excluding carboxylic acids is 1. The lowest BCUT2D eigenvalue weighted by molar-refractivity contribution is -0.140. The first-order valence-corrected chi connectivity index (χ1v) is 12.9. The first kappa shape index (κ1) is 25.5. The summed E-state index contributed by atoms with van der Waals surface area (Å²) in [6, 6.07) is 16.7. The highest BCUT2D eigenvalue weighted by molar-refractivity contribution is 7.89. The van der Waals surface area contributed by atoms with E-state index in [2.05, 4.69) is 10.6 Å². The van der Waals surface area contributed by atoms with Gasteiger partial charge in [0.15, 0.2) is 0 Å². The highest BCUT2D eigenvalue weighted by atomic mass is 35.5. The number of carbonyl (C=O) groups is 2. The summed E-state index contributed by atoms with van der Waals surface area (Å²) in [6.07, 6.45) is 0.800. The molecular weight excluding hydrogens is 506 g/mol. The summed E-state index contributed by atoms with van der Waals surface area (Å²) in [5, 5.41) is 15.1. The van der Waals surface area contributed by atoms with Gasteiger partial charge >= 0.3 is 12.0 Å². The Morgan fingerprint density at radius 2 is 1.67 bits per heavy atom. The summed E-state index contributed by atoms with van der Waals surface area (Å²) in [5.74, 6) is -0.742. The maximum absolute atomic E-state index is 13.0. The number of nitrogens with one attached hydrogen (secondary N) is 2. The number of methoxy groups -OCH3 is 1. The summed E-state index contributed by atoms with van der Waals surface area (Å²) in [5.41, 5.74) is 2.35. The van der Waals surface area contributed by atoms with Crippen molar-refractivity contribution >= 4 is 45.0 Å². The van der Waals surface area contributed by atoms with Crippen LogP contribution >= 0.6 is 11.6 Å². The van der Waals surface area contributed by atoms with Crippen molar-refractivity contribution in [3.05, 3.63) is 71.8 Å². The van der Waals surface area contributed by atoms with Crippen molar-refractivity contribution in [3.63, 3.8) is 0 Å². The van der Waals surface area contributed by atoms with E-state index < -0.39 is 28.1 Å². The molecule has 9 nitrogen and oxygen atoms in total. The zero-order valence-corrected chi connectivity index (χ0v) is 20.8. The van der Waals surface area contributed by atoms with E-state index in [-0.39, 0.29) is 11.4 Å². The van der Waals surface area contributed by atoms with Crippen molar-refractivity contribution in [3.8, 4) is 16.9 Å². The number of aliphatic carboxylic acids is 1. The van der Waals surface area contributed by atoms with Gasteiger partial charge in [0.05, 0.1) is 28.4 Å². The van der Waals surface area contributed by atoms with Crippen LogP contribution in [0.5, 0.6) is 5.75 Å². The molecule has 11 heteroatoms. The number of benzene rings is 3. The smallest absolute Gasteiger partial charge is 0.323 e. The summed E-state index contributed by atoms with van der Waals surface area (Å²) in [6.45, 7) is 0.177. The number of ether oxygens (including phenoxy) is 1. The van der Waals surface area contributed by atoms with E-state index in [1.54, 1.807) is 54.6 Å². The number of amides is 2. The summed E-state index contributed by atoms with van der Waals surface area (Å²) >= 11 is 6.08. The Kier molecular flexibility index (Phi) is 7.48. The number of rotatable bonds is 7. The lowest BCUT2D eigenvalue weighted by Crippen LogP contribution is -2.40. The molecule has 36 heavy (non-hydrogen) atoms. The molecule has 1 saturated heterocycles. The molecule has 3 aromatic carbocycles. The lowest BCUT2D eigenvalue weighted by atomic mass is 10.0. The zero-order valence-electron chi connectivity index (χ0n) is 19.3. The Morgan fingerprint density at radius 3 is 2.33 bits per heavy atom.